The van der Waals surface area contributed by atoms with Crippen LogP contribution in [0.4, 0.5) is 8.78 Å². The zero-order chi connectivity index (χ0) is 38.3. The Kier molecular flexibility index (Phi) is 17.0. The van der Waals surface area contributed by atoms with Crippen LogP contribution in [0.5, 0.6) is 0 Å². The fraction of sp³-hybridized carbons (Fsp3) is 0.714. The number of rotatable bonds is 20. The maximum Gasteiger partial charge on any atom is 0.383 e. The third-order valence-corrected chi connectivity index (χ3v) is 11.2. The number of hydrogen-bond donors (Lipinski definition) is 4. The second-order valence-corrected chi connectivity index (χ2v) is 15.3. The lowest BCUT2D eigenvalue weighted by Crippen LogP contribution is -2.60. The van der Waals surface area contributed by atoms with Gasteiger partial charge in [0.2, 0.25) is 17.9 Å². The Morgan fingerprint density at radius 1 is 0.906 bits per heavy atom. The molecule has 3 fully saturated rings. The van der Waals surface area contributed by atoms with Gasteiger partial charge in [-0.15, -0.1) is 0 Å². The first-order valence-corrected chi connectivity index (χ1v) is 20.0. The predicted molar refractivity (Wildman–Crippen MR) is 190 cm³/mol. The number of halogens is 2. The molecule has 53 heavy (non-hydrogen) atoms. The van der Waals surface area contributed by atoms with Crippen LogP contribution in [0.1, 0.15) is 57.4 Å². The quantitative estimate of drug-likeness (QED) is 0.109. The van der Waals surface area contributed by atoms with Crippen molar-refractivity contribution in [1.29, 1.82) is 0 Å². The van der Waals surface area contributed by atoms with E-state index in [0.29, 0.717) is 57.7 Å². The lowest BCUT2D eigenvalue weighted by Gasteiger charge is -2.31. The summed E-state index contributed by atoms with van der Waals surface area (Å²) in [6, 6.07) is 5.46. The van der Waals surface area contributed by atoms with Crippen LogP contribution < -0.4 is 20.7 Å². The Labute approximate surface area is 310 Å². The molecule has 4 rings (SSSR count). The van der Waals surface area contributed by atoms with Crippen molar-refractivity contribution in [1.82, 2.24) is 29.9 Å². The molecule has 15 nitrogen and oxygen atoms in total. The molecule has 298 valence electrons. The van der Waals surface area contributed by atoms with Gasteiger partial charge in [-0.05, 0) is 30.7 Å². The summed E-state index contributed by atoms with van der Waals surface area (Å²) in [7, 11) is -4.18. The van der Waals surface area contributed by atoms with Crippen molar-refractivity contribution in [2.24, 2.45) is 5.92 Å². The van der Waals surface area contributed by atoms with Crippen molar-refractivity contribution in [3.63, 3.8) is 0 Å². The molecule has 4 N–H and O–H groups in total. The van der Waals surface area contributed by atoms with Crippen molar-refractivity contribution in [2.75, 3.05) is 72.3 Å². The first-order valence-electron chi connectivity index (χ1n) is 18.5. The summed E-state index contributed by atoms with van der Waals surface area (Å²) in [5.41, 5.74) is 0.622. The molecule has 0 spiro atoms. The number of benzene rings is 1. The van der Waals surface area contributed by atoms with Crippen LogP contribution in [-0.2, 0) is 50.0 Å². The molecule has 3 aliphatic rings. The first-order chi connectivity index (χ1) is 25.4. The van der Waals surface area contributed by atoms with Crippen LogP contribution >= 0.6 is 0 Å². The normalized spacial score (nSPS) is 19.8. The van der Waals surface area contributed by atoms with E-state index in [1.54, 1.807) is 37.3 Å². The van der Waals surface area contributed by atoms with Crippen molar-refractivity contribution in [3.05, 3.63) is 35.9 Å². The number of alkyl halides is 2. The van der Waals surface area contributed by atoms with Crippen LogP contribution in [0.25, 0.3) is 0 Å². The number of Topliss-reactive ketones (excluding diaryl/α,β-unsaturated/α-hetero) is 1. The highest BCUT2D eigenvalue weighted by Gasteiger charge is 2.51. The minimum absolute atomic E-state index is 0.0375. The molecule has 1 aliphatic carbocycles. The predicted octanol–water partition coefficient (Wildman–Crippen LogP) is 0.741. The van der Waals surface area contributed by atoms with Crippen LogP contribution in [0.3, 0.4) is 0 Å². The maximum absolute atomic E-state index is 15.5. The van der Waals surface area contributed by atoms with Gasteiger partial charge < -0.3 is 30.2 Å². The van der Waals surface area contributed by atoms with Gasteiger partial charge in [0.15, 0.2) is 0 Å². The van der Waals surface area contributed by atoms with E-state index >= 15 is 8.78 Å². The molecule has 0 bridgehead atoms. The lowest BCUT2D eigenvalue weighted by molar-refractivity contribution is -0.161. The highest BCUT2D eigenvalue weighted by Crippen LogP contribution is 2.29. The van der Waals surface area contributed by atoms with E-state index < -0.39 is 57.9 Å². The summed E-state index contributed by atoms with van der Waals surface area (Å²) >= 11 is 0. The van der Waals surface area contributed by atoms with Gasteiger partial charge in [-0.1, -0.05) is 69.4 Å². The Bertz CT molecular complexity index is 1440. The van der Waals surface area contributed by atoms with Crippen molar-refractivity contribution < 1.29 is 50.6 Å². The molecule has 0 radical (unpaired) electrons. The molecular formula is C35H54F2N6O9S. The van der Waals surface area contributed by atoms with Crippen LogP contribution in [0.2, 0.25) is 0 Å². The largest absolute Gasteiger partial charge is 0.383 e. The number of ketones is 1. The maximum atomic E-state index is 15.5. The van der Waals surface area contributed by atoms with E-state index in [0.717, 1.165) is 23.6 Å². The summed E-state index contributed by atoms with van der Waals surface area (Å²) in [5, 5.41) is 6.96. The van der Waals surface area contributed by atoms with Gasteiger partial charge in [0.1, 0.15) is 6.04 Å². The number of nitrogens with zero attached hydrogens (tertiary/aromatic N) is 2. The Morgan fingerprint density at radius 3 is 2.19 bits per heavy atom. The van der Waals surface area contributed by atoms with Crippen molar-refractivity contribution in [3.8, 4) is 0 Å². The first kappa shape index (κ1) is 42.6. The molecule has 3 amide bonds. The van der Waals surface area contributed by atoms with Gasteiger partial charge in [-0.25, -0.2) is 0 Å². The Morgan fingerprint density at radius 2 is 1.55 bits per heavy atom. The topological polar surface area (TPSA) is 185 Å². The number of carbonyl (C=O) groups excluding carboxylic acids is 4. The van der Waals surface area contributed by atoms with E-state index in [1.165, 1.54) is 0 Å². The van der Waals surface area contributed by atoms with Crippen molar-refractivity contribution in [2.45, 2.75) is 82.5 Å². The minimum atomic E-state index is -4.46. The van der Waals surface area contributed by atoms with E-state index in [2.05, 4.69) is 20.7 Å². The summed E-state index contributed by atoms with van der Waals surface area (Å²) in [6.07, 6.45) is 2.36. The molecule has 1 aromatic rings. The highest BCUT2D eigenvalue weighted by molar-refractivity contribution is 7.87. The van der Waals surface area contributed by atoms with E-state index in [4.69, 9.17) is 14.2 Å². The SMILES string of the molecule is CCCO[C@@H](NC(=O)[C@H](Cc1ccccc1)NS(=O)(=O)N1CCOCC1)C(=O)N[C@@H](CC1CCCCC1)C(=O)C(F)(F)C(=O)NCCN1CCOCC1. The second kappa shape index (κ2) is 21.1. The van der Waals surface area contributed by atoms with E-state index in [1.807, 2.05) is 4.90 Å². The number of ether oxygens (including phenoxy) is 3. The average molecular weight is 773 g/mol. The molecule has 2 heterocycles. The summed E-state index contributed by atoms with van der Waals surface area (Å²) in [6.45, 7) is 4.57. The molecule has 3 atom stereocenters. The van der Waals surface area contributed by atoms with Gasteiger partial charge in [-0.2, -0.15) is 26.2 Å². The fourth-order valence-corrected chi connectivity index (χ4v) is 7.89. The van der Waals surface area contributed by atoms with Gasteiger partial charge in [0.25, 0.3) is 22.0 Å². The van der Waals surface area contributed by atoms with Gasteiger partial charge in [-0.3, -0.25) is 24.1 Å². The molecule has 2 saturated heterocycles. The van der Waals surface area contributed by atoms with E-state index in [9.17, 15) is 27.6 Å². The molecule has 18 heteroatoms. The van der Waals surface area contributed by atoms with E-state index in [-0.39, 0.29) is 58.2 Å². The summed E-state index contributed by atoms with van der Waals surface area (Å²) in [4.78, 5) is 55.7. The summed E-state index contributed by atoms with van der Waals surface area (Å²) in [5.74, 6) is -10.1. The minimum Gasteiger partial charge on any atom is -0.379 e. The van der Waals surface area contributed by atoms with Crippen molar-refractivity contribution >= 4 is 33.7 Å². The molecule has 2 aliphatic heterocycles. The smallest absolute Gasteiger partial charge is 0.379 e. The zero-order valence-electron chi connectivity index (χ0n) is 30.4. The van der Waals surface area contributed by atoms with Gasteiger partial charge in [0, 0.05) is 45.9 Å². The third-order valence-electron chi connectivity index (χ3n) is 9.54. The zero-order valence-corrected chi connectivity index (χ0v) is 31.2. The molecule has 0 unspecified atom stereocenters. The van der Waals surface area contributed by atoms with Crippen LogP contribution in [0, 0.1) is 5.92 Å². The standard InChI is InChI=1S/C35H54F2N6O9S/c1-2-19-52-33(40-31(45)29(25-27-11-7-4-8-12-27)41-53(48,49)43-17-22-51-23-18-43)32(46)39-28(24-26-9-5-3-6-10-26)30(44)35(36,37)34(47)38-13-14-42-15-20-50-21-16-42/h4,7-8,11-12,26,28-29,33,41H,2-3,5-6,9-10,13-25H2,1H3,(H,38,47)(H,39,46)(H,40,45)/t28-,29-,33+/m0/s1. The molecule has 1 saturated carbocycles. The Balaban J connectivity index is 1.50. The lowest BCUT2D eigenvalue weighted by atomic mass is 9.83. The number of amides is 3. The highest BCUT2D eigenvalue weighted by atomic mass is 32.2. The van der Waals surface area contributed by atoms with Gasteiger partial charge >= 0.3 is 5.92 Å². The molecule has 0 aromatic heterocycles. The Hall–Kier alpha value is -3.13. The van der Waals surface area contributed by atoms with Crippen LogP contribution in [0.15, 0.2) is 30.3 Å². The second-order valence-electron chi connectivity index (χ2n) is 13.6. The number of hydrogen-bond acceptors (Lipinski definition) is 10. The molecular weight excluding hydrogens is 718 g/mol. The van der Waals surface area contributed by atoms with Gasteiger partial charge in [0.05, 0.1) is 32.5 Å². The number of morpholine rings is 2. The van der Waals surface area contributed by atoms with Crippen LogP contribution in [-0.4, -0.2) is 138 Å². The average Bonchev–Trinajstić information content (AvgIpc) is 3.17. The molecule has 1 aromatic carbocycles. The number of nitrogens with one attached hydrogen (secondary N) is 4. The fourth-order valence-electron chi connectivity index (χ4n) is 6.56. The summed E-state index contributed by atoms with van der Waals surface area (Å²) < 4.78 is 77.5. The monoisotopic (exact) mass is 772 g/mol. The number of carbonyl (C=O) groups is 4. The third kappa shape index (κ3) is 13.3.